The summed E-state index contributed by atoms with van der Waals surface area (Å²) in [4.78, 5) is 10.7. The van der Waals surface area contributed by atoms with Crippen molar-refractivity contribution in [1.29, 1.82) is 0 Å². The first-order chi connectivity index (χ1) is 12.4. The maximum Gasteiger partial charge on any atom is 0.280 e. The number of nitrogens with zero attached hydrogens (tertiary/aromatic N) is 2. The van der Waals surface area contributed by atoms with E-state index in [1.165, 1.54) is 22.3 Å². The zero-order chi connectivity index (χ0) is 16.9. The van der Waals surface area contributed by atoms with Crippen molar-refractivity contribution in [2.24, 2.45) is 10.3 Å². The molecule has 128 valence electrons. The molecular formula is C21H22N2O2. The molecular weight excluding hydrogens is 312 g/mol. The lowest BCUT2D eigenvalue weighted by Crippen LogP contribution is -2.13. The SMILES string of the molecule is c1ccc2c(c1)CCCC2=NOCON=C1CCCc2ccccc21. The lowest BCUT2D eigenvalue weighted by molar-refractivity contribution is -0.0508. The molecule has 4 nitrogen and oxygen atoms in total. The molecule has 0 fully saturated rings. The summed E-state index contributed by atoms with van der Waals surface area (Å²) in [5.74, 6) is 0. The first-order valence-electron chi connectivity index (χ1n) is 8.96. The minimum absolute atomic E-state index is 0.0390. The van der Waals surface area contributed by atoms with Crippen LogP contribution in [0.25, 0.3) is 0 Å². The van der Waals surface area contributed by atoms with Gasteiger partial charge in [0.05, 0.1) is 11.4 Å². The standard InChI is InChI=1S/C21H22N2O2/c1-3-11-18-16(7-1)9-5-13-20(18)22-24-15-25-23-21-14-6-10-17-8-2-4-12-19(17)21/h1-4,7-8,11-12H,5-6,9-10,13-15H2. The minimum atomic E-state index is 0.0390. The molecule has 0 N–H and O–H groups in total. The smallest absolute Gasteiger partial charge is 0.280 e. The van der Waals surface area contributed by atoms with Crippen molar-refractivity contribution in [3.63, 3.8) is 0 Å². The molecule has 0 spiro atoms. The fourth-order valence-electron chi connectivity index (χ4n) is 3.62. The van der Waals surface area contributed by atoms with Crippen LogP contribution in [-0.4, -0.2) is 18.2 Å². The lowest BCUT2D eigenvalue weighted by atomic mass is 9.90. The molecule has 0 atom stereocenters. The Labute approximate surface area is 148 Å². The Morgan fingerprint density at radius 3 is 1.64 bits per heavy atom. The van der Waals surface area contributed by atoms with Gasteiger partial charge < -0.3 is 9.68 Å². The van der Waals surface area contributed by atoms with Crippen LogP contribution in [0.15, 0.2) is 58.8 Å². The molecule has 2 aliphatic carbocycles. The molecule has 4 rings (SSSR count). The van der Waals surface area contributed by atoms with Gasteiger partial charge in [-0.1, -0.05) is 58.8 Å². The second kappa shape index (κ2) is 7.51. The van der Waals surface area contributed by atoms with E-state index in [1.807, 2.05) is 12.1 Å². The molecule has 0 saturated heterocycles. The first-order valence-corrected chi connectivity index (χ1v) is 8.96. The quantitative estimate of drug-likeness (QED) is 0.471. The molecule has 0 radical (unpaired) electrons. The molecule has 0 bridgehead atoms. The van der Waals surface area contributed by atoms with Crippen molar-refractivity contribution in [1.82, 2.24) is 0 Å². The highest BCUT2D eigenvalue weighted by molar-refractivity contribution is 6.02. The lowest BCUT2D eigenvalue weighted by Gasteiger charge is -2.17. The van der Waals surface area contributed by atoms with E-state index in [2.05, 4.69) is 46.7 Å². The third-order valence-corrected chi connectivity index (χ3v) is 4.83. The molecule has 2 aromatic rings. The van der Waals surface area contributed by atoms with E-state index in [4.69, 9.17) is 9.68 Å². The van der Waals surface area contributed by atoms with Gasteiger partial charge in [-0.15, -0.1) is 0 Å². The van der Waals surface area contributed by atoms with E-state index < -0.39 is 0 Å². The van der Waals surface area contributed by atoms with E-state index in [9.17, 15) is 0 Å². The van der Waals surface area contributed by atoms with Gasteiger partial charge in [0.2, 0.25) is 0 Å². The Bertz CT molecular complexity index is 744. The van der Waals surface area contributed by atoms with Crippen LogP contribution in [0.2, 0.25) is 0 Å². The fourth-order valence-corrected chi connectivity index (χ4v) is 3.62. The summed E-state index contributed by atoms with van der Waals surface area (Å²) >= 11 is 0. The van der Waals surface area contributed by atoms with Crippen LogP contribution in [0.3, 0.4) is 0 Å². The Morgan fingerprint density at radius 2 is 1.12 bits per heavy atom. The Morgan fingerprint density at radius 1 is 0.640 bits per heavy atom. The number of fused-ring (bicyclic) bond motifs is 2. The number of oxime groups is 2. The Kier molecular flexibility index (Phi) is 4.77. The van der Waals surface area contributed by atoms with Crippen LogP contribution in [-0.2, 0) is 22.5 Å². The number of hydrogen-bond acceptors (Lipinski definition) is 4. The predicted octanol–water partition coefficient (Wildman–Crippen LogP) is 4.46. The van der Waals surface area contributed by atoms with Gasteiger partial charge in [0.1, 0.15) is 0 Å². The van der Waals surface area contributed by atoms with Gasteiger partial charge >= 0.3 is 0 Å². The summed E-state index contributed by atoms with van der Waals surface area (Å²) in [6, 6.07) is 16.8. The zero-order valence-corrected chi connectivity index (χ0v) is 14.3. The summed E-state index contributed by atoms with van der Waals surface area (Å²) in [7, 11) is 0. The normalized spacial score (nSPS) is 19.4. The van der Waals surface area contributed by atoms with Crippen molar-refractivity contribution in [2.45, 2.75) is 38.5 Å². The molecule has 0 aliphatic heterocycles. The summed E-state index contributed by atoms with van der Waals surface area (Å²) in [5.41, 5.74) is 7.08. The summed E-state index contributed by atoms with van der Waals surface area (Å²) in [6.45, 7) is 0.0390. The van der Waals surface area contributed by atoms with Gasteiger partial charge in [-0.25, -0.2) is 0 Å². The predicted molar refractivity (Wildman–Crippen MR) is 98.9 cm³/mol. The third kappa shape index (κ3) is 3.58. The first kappa shape index (κ1) is 15.9. The van der Waals surface area contributed by atoms with Crippen molar-refractivity contribution in [2.75, 3.05) is 6.79 Å². The maximum atomic E-state index is 5.37. The van der Waals surface area contributed by atoms with Crippen LogP contribution in [0.1, 0.15) is 47.9 Å². The highest BCUT2D eigenvalue weighted by Crippen LogP contribution is 2.22. The van der Waals surface area contributed by atoms with Crippen LogP contribution < -0.4 is 0 Å². The fraction of sp³-hybridized carbons (Fsp3) is 0.333. The van der Waals surface area contributed by atoms with Gasteiger partial charge in [0.25, 0.3) is 6.79 Å². The van der Waals surface area contributed by atoms with Gasteiger partial charge in [0, 0.05) is 11.1 Å². The molecule has 0 amide bonds. The topological polar surface area (TPSA) is 43.2 Å². The number of hydrogen-bond donors (Lipinski definition) is 0. The van der Waals surface area contributed by atoms with Crippen LogP contribution in [0.5, 0.6) is 0 Å². The van der Waals surface area contributed by atoms with Crippen molar-refractivity contribution in [3.05, 3.63) is 70.8 Å². The average Bonchev–Trinajstić information content (AvgIpc) is 2.68. The molecule has 2 aliphatic rings. The van der Waals surface area contributed by atoms with Gasteiger partial charge in [-0.3, -0.25) is 0 Å². The monoisotopic (exact) mass is 334 g/mol. The molecule has 4 heteroatoms. The molecule has 0 saturated carbocycles. The molecule has 0 unspecified atom stereocenters. The number of rotatable bonds is 4. The van der Waals surface area contributed by atoms with Crippen LogP contribution in [0, 0.1) is 0 Å². The second-order valence-corrected chi connectivity index (χ2v) is 6.47. The van der Waals surface area contributed by atoms with Crippen molar-refractivity contribution >= 4 is 11.4 Å². The highest BCUT2D eigenvalue weighted by atomic mass is 16.8. The van der Waals surface area contributed by atoms with E-state index in [0.29, 0.717) is 0 Å². The van der Waals surface area contributed by atoms with E-state index in [0.717, 1.165) is 49.9 Å². The van der Waals surface area contributed by atoms with Crippen molar-refractivity contribution in [3.8, 4) is 0 Å². The Hall–Kier alpha value is -2.62. The molecule has 0 aromatic heterocycles. The summed E-state index contributed by atoms with van der Waals surface area (Å²) in [5, 5.41) is 8.55. The van der Waals surface area contributed by atoms with Crippen LogP contribution >= 0.6 is 0 Å². The Balaban J connectivity index is 1.37. The number of benzene rings is 2. The highest BCUT2D eigenvalue weighted by Gasteiger charge is 2.16. The van der Waals surface area contributed by atoms with Gasteiger partial charge in [-0.2, -0.15) is 0 Å². The van der Waals surface area contributed by atoms with Gasteiger partial charge in [0.15, 0.2) is 0 Å². The summed E-state index contributed by atoms with van der Waals surface area (Å²) in [6.07, 6.45) is 6.33. The molecule has 2 aromatic carbocycles. The van der Waals surface area contributed by atoms with Crippen LogP contribution in [0.4, 0.5) is 0 Å². The molecule has 25 heavy (non-hydrogen) atoms. The largest absolute Gasteiger partial charge is 0.352 e. The maximum absolute atomic E-state index is 5.37. The summed E-state index contributed by atoms with van der Waals surface area (Å²) < 4.78 is 0. The minimum Gasteiger partial charge on any atom is -0.352 e. The van der Waals surface area contributed by atoms with Crippen molar-refractivity contribution < 1.29 is 9.68 Å². The number of aryl methyl sites for hydroxylation is 2. The van der Waals surface area contributed by atoms with E-state index >= 15 is 0 Å². The second-order valence-electron chi connectivity index (χ2n) is 6.47. The molecule has 0 heterocycles. The van der Waals surface area contributed by atoms with E-state index in [1.54, 1.807) is 0 Å². The average molecular weight is 334 g/mol. The van der Waals surface area contributed by atoms with Gasteiger partial charge in [-0.05, 0) is 49.7 Å². The third-order valence-electron chi connectivity index (χ3n) is 4.83. The van der Waals surface area contributed by atoms with E-state index in [-0.39, 0.29) is 6.79 Å². The zero-order valence-electron chi connectivity index (χ0n) is 14.3.